The zero-order valence-electron chi connectivity index (χ0n) is 13.4. The number of hydrogen-bond donors (Lipinski definition) is 1. The van der Waals surface area contributed by atoms with Crippen LogP contribution in [-0.4, -0.2) is 25.1 Å². The van der Waals surface area contributed by atoms with Crippen LogP contribution in [0.25, 0.3) is 0 Å². The molecule has 120 valence electrons. The van der Waals surface area contributed by atoms with E-state index >= 15 is 0 Å². The molecular weight excluding hydrogens is 268 g/mol. The summed E-state index contributed by atoms with van der Waals surface area (Å²) in [5.74, 6) is 0.738. The number of rotatable bonds is 11. The molecule has 1 rings (SSSR count). The third-order valence-electron chi connectivity index (χ3n) is 3.43. The Morgan fingerprint density at radius 2 is 1.71 bits per heavy atom. The second-order valence-corrected chi connectivity index (χ2v) is 5.43. The van der Waals surface area contributed by atoms with E-state index in [2.05, 4.69) is 13.8 Å². The van der Waals surface area contributed by atoms with Gasteiger partial charge in [-0.25, -0.2) is 4.89 Å². The van der Waals surface area contributed by atoms with Crippen molar-refractivity contribution >= 4 is 0 Å². The van der Waals surface area contributed by atoms with E-state index in [0.29, 0.717) is 13.2 Å². The van der Waals surface area contributed by atoms with Gasteiger partial charge in [-0.3, -0.25) is 5.26 Å². The maximum atomic E-state index is 9.36. The lowest BCUT2D eigenvalue weighted by molar-refractivity contribution is -0.334. The summed E-state index contributed by atoms with van der Waals surface area (Å²) in [6, 6.07) is 7.63. The molecule has 0 fully saturated rings. The molecule has 21 heavy (non-hydrogen) atoms. The first-order chi connectivity index (χ1) is 10.2. The van der Waals surface area contributed by atoms with Crippen LogP contribution >= 0.6 is 0 Å². The summed E-state index contributed by atoms with van der Waals surface area (Å²) in [5, 5.41) is 9.36. The van der Waals surface area contributed by atoms with Gasteiger partial charge in [0.05, 0.1) is 13.2 Å². The smallest absolute Gasteiger partial charge is 0.152 e. The van der Waals surface area contributed by atoms with Crippen molar-refractivity contribution in [2.24, 2.45) is 0 Å². The first-order valence-electron chi connectivity index (χ1n) is 7.80. The van der Waals surface area contributed by atoms with Gasteiger partial charge in [-0.15, -0.1) is 0 Å². The van der Waals surface area contributed by atoms with Gasteiger partial charge < -0.3 is 9.47 Å². The number of hydrogen-bond acceptors (Lipinski definition) is 4. The summed E-state index contributed by atoms with van der Waals surface area (Å²) in [7, 11) is 0. The van der Waals surface area contributed by atoms with E-state index in [0.717, 1.165) is 37.0 Å². The van der Waals surface area contributed by atoms with Crippen molar-refractivity contribution in [3.05, 3.63) is 29.8 Å². The summed E-state index contributed by atoms with van der Waals surface area (Å²) in [6.07, 6.45) is 4.15. The molecule has 4 heteroatoms. The highest BCUT2D eigenvalue weighted by Crippen LogP contribution is 2.33. The predicted octanol–water partition coefficient (Wildman–Crippen LogP) is 4.39. The van der Waals surface area contributed by atoms with Crippen LogP contribution in [0.1, 0.15) is 52.0 Å². The summed E-state index contributed by atoms with van der Waals surface area (Å²) >= 11 is 0. The van der Waals surface area contributed by atoms with Gasteiger partial charge in [-0.05, 0) is 25.8 Å². The van der Waals surface area contributed by atoms with Crippen LogP contribution in [0.15, 0.2) is 24.3 Å². The fourth-order valence-electron chi connectivity index (χ4n) is 2.02. The van der Waals surface area contributed by atoms with Crippen LogP contribution in [-0.2, 0) is 15.2 Å². The average Bonchev–Trinajstić information content (AvgIpc) is 2.52. The average molecular weight is 296 g/mol. The molecule has 1 aromatic rings. The highest BCUT2D eigenvalue weighted by Gasteiger charge is 2.32. The zero-order valence-corrected chi connectivity index (χ0v) is 13.4. The van der Waals surface area contributed by atoms with Gasteiger partial charge in [0.15, 0.2) is 5.60 Å². The van der Waals surface area contributed by atoms with E-state index in [1.807, 2.05) is 24.3 Å². The Labute approximate surface area is 128 Å². The van der Waals surface area contributed by atoms with Crippen molar-refractivity contribution in [2.75, 3.05) is 19.8 Å². The second kappa shape index (κ2) is 9.77. The van der Waals surface area contributed by atoms with Crippen molar-refractivity contribution < 1.29 is 19.6 Å². The van der Waals surface area contributed by atoms with Crippen LogP contribution < -0.4 is 4.74 Å². The highest BCUT2D eigenvalue weighted by atomic mass is 17.1. The molecular formula is C17H28O4. The molecule has 0 saturated heterocycles. The normalized spacial score (nSPS) is 13.9. The fraction of sp³-hybridized carbons (Fsp3) is 0.647. The lowest BCUT2D eigenvalue weighted by atomic mass is 9.96. The monoisotopic (exact) mass is 296 g/mol. The van der Waals surface area contributed by atoms with Crippen molar-refractivity contribution in [1.82, 2.24) is 0 Å². The van der Waals surface area contributed by atoms with E-state index < -0.39 is 5.60 Å². The molecule has 0 spiro atoms. The molecule has 0 bridgehead atoms. The third kappa shape index (κ3) is 5.65. The largest absolute Gasteiger partial charge is 0.493 e. The van der Waals surface area contributed by atoms with E-state index in [9.17, 15) is 5.26 Å². The molecule has 4 nitrogen and oxygen atoms in total. The van der Waals surface area contributed by atoms with E-state index in [1.165, 1.54) is 0 Å². The Kier molecular flexibility index (Phi) is 8.35. The number of benzene rings is 1. The van der Waals surface area contributed by atoms with Crippen LogP contribution in [0.3, 0.4) is 0 Å². The third-order valence-corrected chi connectivity index (χ3v) is 3.43. The van der Waals surface area contributed by atoms with E-state index in [4.69, 9.17) is 14.4 Å². The van der Waals surface area contributed by atoms with Gasteiger partial charge >= 0.3 is 0 Å². The SMILES string of the molecule is CCCCOCC(C)(OO)c1ccccc1OCCCC. The molecule has 0 aromatic heterocycles. The number of para-hydroxylation sites is 1. The quantitative estimate of drug-likeness (QED) is 0.374. The topological polar surface area (TPSA) is 47.9 Å². The Balaban J connectivity index is 2.77. The molecule has 1 atom stereocenters. The van der Waals surface area contributed by atoms with Crippen molar-refractivity contribution in [3.63, 3.8) is 0 Å². The van der Waals surface area contributed by atoms with Crippen molar-refractivity contribution in [2.45, 2.75) is 52.1 Å². The molecule has 0 aliphatic carbocycles. The first kappa shape index (κ1) is 18.0. The minimum absolute atomic E-state index is 0.289. The summed E-state index contributed by atoms with van der Waals surface area (Å²) in [6.45, 7) is 7.65. The maximum Gasteiger partial charge on any atom is 0.152 e. The van der Waals surface area contributed by atoms with Gasteiger partial charge in [0, 0.05) is 12.2 Å². The standard InChI is InChI=1S/C17H28O4/c1-4-6-12-19-14-17(3,21-18)15-10-8-9-11-16(15)20-13-7-5-2/h8-11,18H,4-7,12-14H2,1-3H3. The van der Waals surface area contributed by atoms with Gasteiger partial charge in [-0.2, -0.15) is 0 Å². The Morgan fingerprint density at radius 1 is 1.05 bits per heavy atom. The van der Waals surface area contributed by atoms with Gasteiger partial charge in [0.25, 0.3) is 0 Å². The lowest BCUT2D eigenvalue weighted by Gasteiger charge is -2.28. The minimum Gasteiger partial charge on any atom is -0.493 e. The molecule has 0 heterocycles. The van der Waals surface area contributed by atoms with Crippen molar-refractivity contribution in [3.8, 4) is 5.75 Å². The molecule has 0 aliphatic heterocycles. The molecule has 0 saturated carbocycles. The van der Waals surface area contributed by atoms with Gasteiger partial charge in [0.1, 0.15) is 5.75 Å². The first-order valence-corrected chi connectivity index (χ1v) is 7.80. The second-order valence-electron chi connectivity index (χ2n) is 5.43. The Hall–Kier alpha value is -1.10. The van der Waals surface area contributed by atoms with Gasteiger partial charge in [-0.1, -0.05) is 44.9 Å². The highest BCUT2D eigenvalue weighted by molar-refractivity contribution is 5.37. The summed E-state index contributed by atoms with van der Waals surface area (Å²) in [5.41, 5.74) is -0.114. The molecule has 0 radical (unpaired) electrons. The Morgan fingerprint density at radius 3 is 2.38 bits per heavy atom. The molecule has 0 amide bonds. The predicted molar refractivity (Wildman–Crippen MR) is 83.6 cm³/mol. The van der Waals surface area contributed by atoms with Crippen molar-refractivity contribution in [1.29, 1.82) is 0 Å². The minimum atomic E-state index is -0.920. The van der Waals surface area contributed by atoms with E-state index in [1.54, 1.807) is 6.92 Å². The lowest BCUT2D eigenvalue weighted by Crippen LogP contribution is -2.31. The zero-order chi connectivity index (χ0) is 15.6. The van der Waals surface area contributed by atoms with Crippen LogP contribution in [0, 0.1) is 0 Å². The van der Waals surface area contributed by atoms with Crippen LogP contribution in [0.5, 0.6) is 5.75 Å². The summed E-state index contributed by atoms with van der Waals surface area (Å²) < 4.78 is 11.4. The molecule has 0 aliphatic rings. The molecule has 1 unspecified atom stereocenters. The van der Waals surface area contributed by atoms with E-state index in [-0.39, 0.29) is 6.61 Å². The summed E-state index contributed by atoms with van der Waals surface area (Å²) in [4.78, 5) is 4.75. The maximum absolute atomic E-state index is 9.36. The van der Waals surface area contributed by atoms with Gasteiger partial charge in [0.2, 0.25) is 0 Å². The molecule has 1 N–H and O–H groups in total. The van der Waals surface area contributed by atoms with Crippen LogP contribution in [0.4, 0.5) is 0 Å². The number of ether oxygens (including phenoxy) is 2. The number of unbranched alkanes of at least 4 members (excludes halogenated alkanes) is 2. The molecule has 1 aromatic carbocycles. The Bertz CT molecular complexity index is 394. The fourth-order valence-corrected chi connectivity index (χ4v) is 2.02. The van der Waals surface area contributed by atoms with Crippen LogP contribution in [0.2, 0.25) is 0 Å².